The maximum Gasteiger partial charge on any atom is 0.193 e. The summed E-state index contributed by atoms with van der Waals surface area (Å²) >= 11 is 0. The lowest BCUT2D eigenvalue weighted by molar-refractivity contribution is 0.185. The summed E-state index contributed by atoms with van der Waals surface area (Å²) in [7, 11) is 0.731. The smallest absolute Gasteiger partial charge is 0.193 e. The molecule has 0 amide bonds. The molecule has 1 atom stereocenters. The van der Waals surface area contributed by atoms with Crippen molar-refractivity contribution in [1.82, 2.24) is 0 Å². The van der Waals surface area contributed by atoms with Gasteiger partial charge in [0.15, 0.2) is 5.96 Å². The van der Waals surface area contributed by atoms with Gasteiger partial charge >= 0.3 is 0 Å². The summed E-state index contributed by atoms with van der Waals surface area (Å²) in [5.74, 6) is 0.829. The van der Waals surface area contributed by atoms with Crippen LogP contribution in [0, 0.1) is 0 Å². The van der Waals surface area contributed by atoms with Crippen molar-refractivity contribution >= 4 is 22.4 Å². The molecule has 21 heavy (non-hydrogen) atoms. The van der Waals surface area contributed by atoms with Gasteiger partial charge in [0.1, 0.15) is 0 Å². The molecule has 0 bridgehead atoms. The topological polar surface area (TPSA) is 76.7 Å². The lowest BCUT2D eigenvalue weighted by atomic mass is 10.2. The third-order valence-corrected chi connectivity index (χ3v) is 4.74. The largest absolute Gasteiger partial charge is 0.380 e. The van der Waals surface area contributed by atoms with Crippen molar-refractivity contribution in [3.8, 4) is 0 Å². The van der Waals surface area contributed by atoms with E-state index in [0.29, 0.717) is 24.9 Å². The molecule has 0 aliphatic carbocycles. The number of aliphatic imine (C=N–C) groups is 1. The van der Waals surface area contributed by atoms with Gasteiger partial charge in [0.25, 0.3) is 0 Å². The average molecular weight is 311 g/mol. The van der Waals surface area contributed by atoms with E-state index in [1.54, 1.807) is 7.11 Å². The summed E-state index contributed by atoms with van der Waals surface area (Å²) in [5, 5.41) is 3.06. The van der Waals surface area contributed by atoms with Crippen LogP contribution in [0.1, 0.15) is 26.3 Å². The number of methoxy groups -OCH3 is 1. The molecular weight excluding hydrogens is 286 g/mol. The van der Waals surface area contributed by atoms with Crippen LogP contribution in [0.4, 0.5) is 5.69 Å². The molecule has 0 aliphatic rings. The predicted octanol–water partition coefficient (Wildman–Crippen LogP) is 2.11. The van der Waals surface area contributed by atoms with Crippen LogP contribution in [0.25, 0.3) is 0 Å². The van der Waals surface area contributed by atoms with E-state index in [9.17, 15) is 4.21 Å². The fraction of sp³-hybridized carbons (Fsp3) is 0.533. The van der Waals surface area contributed by atoms with Crippen molar-refractivity contribution < 1.29 is 8.95 Å². The summed E-state index contributed by atoms with van der Waals surface area (Å²) in [6.45, 7) is 6.81. The highest BCUT2D eigenvalue weighted by Crippen LogP contribution is 2.15. The summed E-state index contributed by atoms with van der Waals surface area (Å²) < 4.78 is 16.8. The van der Waals surface area contributed by atoms with Gasteiger partial charge < -0.3 is 15.8 Å². The quantitative estimate of drug-likeness (QED) is 0.623. The maximum absolute atomic E-state index is 11.9. The number of para-hydroxylation sites is 1. The molecule has 6 heteroatoms. The zero-order valence-corrected chi connectivity index (χ0v) is 14.0. The molecule has 0 saturated carbocycles. The van der Waals surface area contributed by atoms with Crippen LogP contribution >= 0.6 is 0 Å². The van der Waals surface area contributed by atoms with Gasteiger partial charge in [-0.3, -0.25) is 9.20 Å². The molecule has 1 rings (SSSR count). The lowest BCUT2D eigenvalue weighted by Gasteiger charge is -2.16. The Morgan fingerprint density at radius 2 is 2.05 bits per heavy atom. The molecule has 1 aromatic carbocycles. The lowest BCUT2D eigenvalue weighted by Crippen LogP contribution is -2.27. The highest BCUT2D eigenvalue weighted by molar-refractivity contribution is 7.86. The van der Waals surface area contributed by atoms with Gasteiger partial charge in [-0.05, 0) is 26.8 Å². The van der Waals surface area contributed by atoms with Crippen molar-refractivity contribution in [2.24, 2.45) is 10.7 Å². The number of ether oxygens (including phenoxy) is 1. The Balaban J connectivity index is 2.59. The second-order valence-corrected chi connectivity index (χ2v) is 7.97. The Labute approximate surface area is 129 Å². The van der Waals surface area contributed by atoms with Gasteiger partial charge in [0.2, 0.25) is 0 Å². The number of nitrogens with zero attached hydrogens (tertiary/aromatic N) is 1. The molecule has 0 aliphatic heterocycles. The Morgan fingerprint density at radius 3 is 2.67 bits per heavy atom. The first-order valence-corrected chi connectivity index (χ1v) is 8.18. The number of guanidine groups is 1. The molecule has 0 radical (unpaired) electrons. The second kappa shape index (κ2) is 8.14. The number of hydrogen-bond acceptors (Lipinski definition) is 3. The van der Waals surface area contributed by atoms with E-state index in [4.69, 9.17) is 10.5 Å². The maximum atomic E-state index is 11.9. The Bertz CT molecular complexity index is 510. The Morgan fingerprint density at radius 1 is 1.38 bits per heavy atom. The van der Waals surface area contributed by atoms with Gasteiger partial charge in [0.05, 0.1) is 13.2 Å². The predicted molar refractivity (Wildman–Crippen MR) is 90.0 cm³/mol. The summed E-state index contributed by atoms with van der Waals surface area (Å²) in [4.78, 5) is 4.22. The first-order valence-electron chi connectivity index (χ1n) is 6.87. The van der Waals surface area contributed by atoms with E-state index in [1.165, 1.54) is 0 Å². The summed E-state index contributed by atoms with van der Waals surface area (Å²) in [5.41, 5.74) is 7.75. The van der Waals surface area contributed by atoms with Crippen LogP contribution in [0.2, 0.25) is 0 Å². The van der Waals surface area contributed by atoms with Crippen molar-refractivity contribution in [1.29, 1.82) is 0 Å². The van der Waals surface area contributed by atoms with Gasteiger partial charge in [-0.2, -0.15) is 0 Å². The number of nitrogens with one attached hydrogen (secondary N) is 1. The Kier molecular flexibility index (Phi) is 6.84. The standard InChI is InChI=1S/C15H25N3O2S/c1-15(2,3)21(19)10-9-17-14(16)18-13-8-6-5-7-12(13)11-20-4/h5-8H,9-11H2,1-4H3,(H3,16,17,18). The molecule has 3 N–H and O–H groups in total. The second-order valence-electron chi connectivity index (χ2n) is 5.64. The molecule has 118 valence electrons. The molecule has 5 nitrogen and oxygen atoms in total. The van der Waals surface area contributed by atoms with Crippen LogP contribution in [0.3, 0.4) is 0 Å². The molecule has 0 aromatic heterocycles. The van der Waals surface area contributed by atoms with E-state index >= 15 is 0 Å². The SMILES string of the molecule is COCc1ccccc1NC(N)=NCCS(=O)C(C)(C)C. The molecule has 0 saturated heterocycles. The van der Waals surface area contributed by atoms with E-state index in [-0.39, 0.29) is 4.75 Å². The van der Waals surface area contributed by atoms with Crippen molar-refractivity contribution in [3.63, 3.8) is 0 Å². The van der Waals surface area contributed by atoms with Crippen LogP contribution in [0.15, 0.2) is 29.3 Å². The van der Waals surface area contributed by atoms with Crippen LogP contribution < -0.4 is 11.1 Å². The van der Waals surface area contributed by atoms with E-state index in [1.807, 2.05) is 45.0 Å². The summed E-state index contributed by atoms with van der Waals surface area (Å²) in [6, 6.07) is 7.75. The normalized spacial score (nSPS) is 14.0. The van der Waals surface area contributed by atoms with E-state index in [2.05, 4.69) is 10.3 Å². The molecule has 1 aromatic rings. The molecule has 1 unspecified atom stereocenters. The van der Waals surface area contributed by atoms with Crippen molar-refractivity contribution in [2.45, 2.75) is 32.1 Å². The first-order chi connectivity index (χ1) is 9.84. The molecular formula is C15H25N3O2S. The number of anilines is 1. The zero-order valence-electron chi connectivity index (χ0n) is 13.2. The van der Waals surface area contributed by atoms with Crippen LogP contribution in [-0.4, -0.2) is 34.3 Å². The van der Waals surface area contributed by atoms with Gasteiger partial charge in [-0.15, -0.1) is 0 Å². The van der Waals surface area contributed by atoms with Crippen molar-refractivity contribution in [3.05, 3.63) is 29.8 Å². The van der Waals surface area contributed by atoms with Gasteiger partial charge in [0, 0.05) is 39.7 Å². The highest BCUT2D eigenvalue weighted by atomic mass is 32.2. The number of benzene rings is 1. The molecule has 0 spiro atoms. The number of hydrogen-bond donors (Lipinski definition) is 2. The third kappa shape index (κ3) is 6.27. The Hall–Kier alpha value is -1.40. The van der Waals surface area contributed by atoms with E-state index < -0.39 is 10.8 Å². The minimum atomic E-state index is -0.918. The zero-order chi connectivity index (χ0) is 15.9. The minimum Gasteiger partial charge on any atom is -0.380 e. The van der Waals surface area contributed by atoms with E-state index in [0.717, 1.165) is 11.3 Å². The third-order valence-electron chi connectivity index (χ3n) is 2.82. The summed E-state index contributed by atoms with van der Waals surface area (Å²) in [6.07, 6.45) is 0. The minimum absolute atomic E-state index is 0.219. The highest BCUT2D eigenvalue weighted by Gasteiger charge is 2.18. The van der Waals surface area contributed by atoms with Gasteiger partial charge in [-0.25, -0.2) is 0 Å². The van der Waals surface area contributed by atoms with Crippen LogP contribution in [-0.2, 0) is 22.1 Å². The fourth-order valence-corrected chi connectivity index (χ4v) is 2.53. The molecule has 0 heterocycles. The number of nitrogens with two attached hydrogens (primary N) is 1. The number of rotatable bonds is 6. The fourth-order valence-electron chi connectivity index (χ4n) is 1.66. The monoisotopic (exact) mass is 311 g/mol. The van der Waals surface area contributed by atoms with Gasteiger partial charge in [-0.1, -0.05) is 18.2 Å². The van der Waals surface area contributed by atoms with Crippen LogP contribution in [0.5, 0.6) is 0 Å². The first kappa shape index (κ1) is 17.7. The average Bonchev–Trinajstić information content (AvgIpc) is 2.40. The van der Waals surface area contributed by atoms with Crippen molar-refractivity contribution in [2.75, 3.05) is 24.7 Å². The molecule has 0 fully saturated rings.